The summed E-state index contributed by atoms with van der Waals surface area (Å²) < 4.78 is 5.42. The Bertz CT molecular complexity index is 869. The number of amides is 3. The summed E-state index contributed by atoms with van der Waals surface area (Å²) in [7, 11) is 0. The first-order chi connectivity index (χ1) is 17.1. The van der Waals surface area contributed by atoms with Crippen molar-refractivity contribution in [3.8, 4) is 5.75 Å². The summed E-state index contributed by atoms with van der Waals surface area (Å²) in [5.41, 5.74) is -0.649. The van der Waals surface area contributed by atoms with E-state index >= 15 is 0 Å². The molecule has 0 heterocycles. The van der Waals surface area contributed by atoms with E-state index in [0.29, 0.717) is 12.1 Å². The molecule has 210 valence electrons. The second-order valence-corrected chi connectivity index (χ2v) is 12.0. The number of alkyl carbamates (subject to hydrolysis) is 1. The van der Waals surface area contributed by atoms with Gasteiger partial charge in [-0.15, -0.1) is 0 Å². The van der Waals surface area contributed by atoms with Gasteiger partial charge in [0.25, 0.3) is 0 Å². The van der Waals surface area contributed by atoms with Crippen molar-refractivity contribution in [2.24, 2.45) is 5.92 Å². The van der Waals surface area contributed by atoms with Crippen molar-refractivity contribution in [3.63, 3.8) is 0 Å². The van der Waals surface area contributed by atoms with E-state index in [9.17, 15) is 19.5 Å². The normalized spacial score (nSPS) is 13.6. The van der Waals surface area contributed by atoms with Crippen molar-refractivity contribution in [3.05, 3.63) is 29.8 Å². The van der Waals surface area contributed by atoms with Gasteiger partial charge >= 0.3 is 6.09 Å². The maximum absolute atomic E-state index is 14.1. The third-order valence-corrected chi connectivity index (χ3v) is 5.66. The van der Waals surface area contributed by atoms with Crippen LogP contribution < -0.4 is 10.6 Å². The second-order valence-electron chi connectivity index (χ2n) is 12.0. The summed E-state index contributed by atoms with van der Waals surface area (Å²) >= 11 is 0. The predicted octanol–water partition coefficient (Wildman–Crippen LogP) is 5.70. The number of carbonyl (C=O) groups excluding carboxylic acids is 3. The Morgan fingerprint density at radius 3 is 2.00 bits per heavy atom. The molecule has 1 rings (SSSR count). The van der Waals surface area contributed by atoms with Gasteiger partial charge in [-0.2, -0.15) is 0 Å². The standard InChI is InChI=1S/C29H49N3O5/c1-10-11-12-13-14-19-32(26(35)23(20(2)3)30-27(36)37-29(7,8)9)24(25(34)31-28(4,5)6)21-15-17-22(33)18-16-21/h15-18,20,23-24,33H,10-14,19H2,1-9H3,(H,30,36)(H,31,34). The van der Waals surface area contributed by atoms with Gasteiger partial charge in [0.1, 0.15) is 23.4 Å². The second kappa shape index (κ2) is 14.2. The average Bonchev–Trinajstić information content (AvgIpc) is 2.74. The number of hydrogen-bond acceptors (Lipinski definition) is 5. The lowest BCUT2D eigenvalue weighted by molar-refractivity contribution is -0.144. The average molecular weight is 520 g/mol. The molecule has 8 nitrogen and oxygen atoms in total. The number of aromatic hydroxyl groups is 1. The van der Waals surface area contributed by atoms with Gasteiger partial charge in [-0.1, -0.05) is 58.6 Å². The summed E-state index contributed by atoms with van der Waals surface area (Å²) in [6.07, 6.45) is 4.21. The summed E-state index contributed by atoms with van der Waals surface area (Å²) in [4.78, 5) is 41.9. The Morgan fingerprint density at radius 2 is 1.51 bits per heavy atom. The molecule has 1 aromatic carbocycles. The van der Waals surface area contributed by atoms with E-state index in [1.807, 2.05) is 34.6 Å². The monoisotopic (exact) mass is 519 g/mol. The van der Waals surface area contributed by atoms with Crippen LogP contribution in [-0.2, 0) is 14.3 Å². The maximum Gasteiger partial charge on any atom is 0.408 e. The third-order valence-electron chi connectivity index (χ3n) is 5.66. The molecule has 0 aliphatic heterocycles. The molecule has 0 aliphatic carbocycles. The van der Waals surface area contributed by atoms with E-state index in [2.05, 4.69) is 17.6 Å². The van der Waals surface area contributed by atoms with Crippen LogP contribution >= 0.6 is 0 Å². The van der Waals surface area contributed by atoms with Gasteiger partial charge in [-0.05, 0) is 71.6 Å². The summed E-state index contributed by atoms with van der Waals surface area (Å²) in [6.45, 7) is 17.1. The number of carbonyl (C=O) groups is 3. The van der Waals surface area contributed by atoms with Crippen LogP contribution in [0.4, 0.5) is 4.79 Å². The van der Waals surface area contributed by atoms with Crippen molar-refractivity contribution in [2.75, 3.05) is 6.54 Å². The fourth-order valence-electron chi connectivity index (χ4n) is 3.95. The van der Waals surface area contributed by atoms with Crippen molar-refractivity contribution < 1.29 is 24.2 Å². The van der Waals surface area contributed by atoms with Crippen LogP contribution in [0.25, 0.3) is 0 Å². The van der Waals surface area contributed by atoms with Gasteiger partial charge in [0.15, 0.2) is 0 Å². The van der Waals surface area contributed by atoms with Gasteiger partial charge in [-0.25, -0.2) is 4.79 Å². The minimum atomic E-state index is -0.930. The first kappa shape index (κ1) is 32.3. The lowest BCUT2D eigenvalue weighted by Crippen LogP contribution is -2.56. The van der Waals surface area contributed by atoms with E-state index in [4.69, 9.17) is 4.74 Å². The lowest BCUT2D eigenvalue weighted by Gasteiger charge is -2.37. The number of phenols is 1. The summed E-state index contributed by atoms with van der Waals surface area (Å²) in [5, 5.41) is 15.6. The molecule has 0 aliphatic rings. The molecule has 2 unspecified atom stereocenters. The molecule has 37 heavy (non-hydrogen) atoms. The number of nitrogens with zero attached hydrogens (tertiary/aromatic N) is 1. The van der Waals surface area contributed by atoms with Crippen molar-refractivity contribution in [2.45, 2.75) is 118 Å². The van der Waals surface area contributed by atoms with Crippen LogP contribution in [0.15, 0.2) is 24.3 Å². The number of rotatable bonds is 12. The van der Waals surface area contributed by atoms with Gasteiger partial charge in [0.05, 0.1) is 0 Å². The highest BCUT2D eigenvalue weighted by molar-refractivity contribution is 5.92. The molecular formula is C29H49N3O5. The van der Waals surface area contributed by atoms with Crippen LogP contribution in [0.3, 0.4) is 0 Å². The van der Waals surface area contributed by atoms with Gasteiger partial charge in [-0.3, -0.25) is 9.59 Å². The Morgan fingerprint density at radius 1 is 0.946 bits per heavy atom. The van der Waals surface area contributed by atoms with Crippen molar-refractivity contribution >= 4 is 17.9 Å². The molecule has 8 heteroatoms. The quantitative estimate of drug-likeness (QED) is 0.307. The summed E-state index contributed by atoms with van der Waals surface area (Å²) in [6, 6.07) is 4.52. The molecule has 3 N–H and O–H groups in total. The van der Waals surface area contributed by atoms with Crippen molar-refractivity contribution in [1.82, 2.24) is 15.5 Å². The fourth-order valence-corrected chi connectivity index (χ4v) is 3.95. The molecule has 0 saturated carbocycles. The minimum absolute atomic E-state index is 0.0721. The van der Waals surface area contributed by atoms with Gasteiger partial charge in [0, 0.05) is 12.1 Å². The molecule has 0 bridgehead atoms. The lowest BCUT2D eigenvalue weighted by atomic mass is 9.97. The first-order valence-electron chi connectivity index (χ1n) is 13.5. The molecule has 0 fully saturated rings. The number of hydrogen-bond donors (Lipinski definition) is 3. The van der Waals surface area contributed by atoms with Crippen LogP contribution in [0.1, 0.15) is 106 Å². The molecular weight excluding hydrogens is 470 g/mol. The maximum atomic E-state index is 14.1. The van der Waals surface area contributed by atoms with E-state index in [-0.39, 0.29) is 23.5 Å². The molecule has 0 aromatic heterocycles. The zero-order valence-corrected chi connectivity index (χ0v) is 24.3. The molecule has 1 aromatic rings. The first-order valence-corrected chi connectivity index (χ1v) is 13.5. The van der Waals surface area contributed by atoms with Crippen LogP contribution in [0.5, 0.6) is 5.75 Å². The number of phenolic OH excluding ortho intramolecular Hbond substituents is 1. The highest BCUT2D eigenvalue weighted by atomic mass is 16.6. The highest BCUT2D eigenvalue weighted by Gasteiger charge is 2.38. The Kier molecular flexibility index (Phi) is 12.4. The zero-order valence-electron chi connectivity index (χ0n) is 24.3. The number of ether oxygens (including phenoxy) is 1. The van der Waals surface area contributed by atoms with Crippen LogP contribution in [0, 0.1) is 5.92 Å². The molecule has 0 spiro atoms. The number of nitrogens with one attached hydrogen (secondary N) is 2. The largest absolute Gasteiger partial charge is 0.508 e. The highest BCUT2D eigenvalue weighted by Crippen LogP contribution is 2.27. The third kappa shape index (κ3) is 11.9. The SMILES string of the molecule is CCCCCCCN(C(=O)C(NC(=O)OC(C)(C)C)C(C)C)C(C(=O)NC(C)(C)C)c1ccc(O)cc1. The topological polar surface area (TPSA) is 108 Å². The van der Waals surface area contributed by atoms with Gasteiger partial charge in [0.2, 0.25) is 11.8 Å². The Hall–Kier alpha value is -2.77. The summed E-state index contributed by atoms with van der Waals surface area (Å²) in [5.74, 6) is -0.838. The smallest absolute Gasteiger partial charge is 0.408 e. The molecule has 2 atom stereocenters. The number of benzene rings is 1. The molecule has 0 radical (unpaired) electrons. The Labute approximate surface area is 223 Å². The Balaban J connectivity index is 3.45. The number of unbranched alkanes of at least 4 members (excludes halogenated alkanes) is 4. The predicted molar refractivity (Wildman–Crippen MR) is 147 cm³/mol. The van der Waals surface area contributed by atoms with Crippen LogP contribution in [0.2, 0.25) is 0 Å². The van der Waals surface area contributed by atoms with Gasteiger partial charge < -0.3 is 25.4 Å². The van der Waals surface area contributed by atoms with E-state index in [0.717, 1.165) is 32.1 Å². The molecule has 3 amide bonds. The zero-order chi connectivity index (χ0) is 28.4. The van der Waals surface area contributed by atoms with Crippen LogP contribution in [-0.4, -0.2) is 51.6 Å². The molecule has 0 saturated heterocycles. The fraction of sp³-hybridized carbons (Fsp3) is 0.690. The van der Waals surface area contributed by atoms with E-state index in [1.165, 1.54) is 12.1 Å². The van der Waals surface area contributed by atoms with E-state index in [1.54, 1.807) is 37.8 Å². The van der Waals surface area contributed by atoms with Crippen molar-refractivity contribution in [1.29, 1.82) is 0 Å². The minimum Gasteiger partial charge on any atom is -0.508 e. The van der Waals surface area contributed by atoms with E-state index < -0.39 is 29.3 Å².